The second-order valence-electron chi connectivity index (χ2n) is 6.32. The Hall–Kier alpha value is -3.12. The summed E-state index contributed by atoms with van der Waals surface area (Å²) in [6, 6.07) is 9.78. The average Bonchev–Trinajstić information content (AvgIpc) is 3.07. The number of carbonyl (C=O) groups is 3. The van der Waals surface area contributed by atoms with E-state index in [0.29, 0.717) is 21.7 Å². The molecule has 0 fully saturated rings. The maximum atomic E-state index is 13.3. The molecule has 0 amide bonds. The third-order valence-electron chi connectivity index (χ3n) is 4.45. The summed E-state index contributed by atoms with van der Waals surface area (Å²) in [6.45, 7) is 5.62. The summed E-state index contributed by atoms with van der Waals surface area (Å²) in [6.07, 6.45) is 1.48. The van der Waals surface area contributed by atoms with Crippen molar-refractivity contribution >= 4 is 34.8 Å². The van der Waals surface area contributed by atoms with Crippen molar-refractivity contribution in [2.45, 2.75) is 20.8 Å². The van der Waals surface area contributed by atoms with Gasteiger partial charge in [-0.25, -0.2) is 9.59 Å². The lowest BCUT2D eigenvalue weighted by Crippen LogP contribution is -2.10. The summed E-state index contributed by atoms with van der Waals surface area (Å²) in [4.78, 5) is 37.9. The van der Waals surface area contributed by atoms with Crippen molar-refractivity contribution in [2.24, 2.45) is 0 Å². The smallest absolute Gasteiger partial charge is 0.340 e. The summed E-state index contributed by atoms with van der Waals surface area (Å²) < 4.78 is 11.7. The van der Waals surface area contributed by atoms with E-state index in [4.69, 9.17) is 21.1 Å². The van der Waals surface area contributed by atoms with E-state index < -0.39 is 11.9 Å². The third-order valence-corrected chi connectivity index (χ3v) is 4.77. The number of aryl methyl sites for hydroxylation is 1. The van der Waals surface area contributed by atoms with Crippen molar-refractivity contribution in [3.05, 3.63) is 75.6 Å². The number of esters is 2. The Balaban J connectivity index is 2.23. The van der Waals surface area contributed by atoms with E-state index in [9.17, 15) is 14.4 Å². The van der Waals surface area contributed by atoms with Gasteiger partial charge in [0.1, 0.15) is 0 Å². The van der Waals surface area contributed by atoms with Crippen LogP contribution in [-0.4, -0.2) is 35.3 Å². The van der Waals surface area contributed by atoms with Gasteiger partial charge in [-0.2, -0.15) is 0 Å². The van der Waals surface area contributed by atoms with E-state index >= 15 is 0 Å². The van der Waals surface area contributed by atoms with Crippen molar-refractivity contribution < 1.29 is 23.9 Å². The molecule has 0 bridgehead atoms. The van der Waals surface area contributed by atoms with Gasteiger partial charge in [0.2, 0.25) is 5.78 Å². The predicted octanol–water partition coefficient (Wildman–Crippen LogP) is 4.49. The van der Waals surface area contributed by atoms with Crippen molar-refractivity contribution in [3.8, 4) is 0 Å². The van der Waals surface area contributed by atoms with Crippen LogP contribution < -0.4 is 0 Å². The number of rotatable bonds is 6. The van der Waals surface area contributed by atoms with Crippen molar-refractivity contribution in [3.63, 3.8) is 0 Å². The molecule has 0 aliphatic rings. The fourth-order valence-electron chi connectivity index (χ4n) is 3.13. The molecule has 0 saturated carbocycles. The van der Waals surface area contributed by atoms with Crippen LogP contribution in [-0.2, 0) is 9.47 Å². The SMILES string of the molecule is CCOC(=O)c1ccc2c(C(=O)OCC)cc(C(=O)c3c(C)cccc3Cl)n2c1. The number of hydrogen-bond donors (Lipinski definition) is 0. The molecule has 29 heavy (non-hydrogen) atoms. The molecule has 0 radical (unpaired) electrons. The molecule has 3 rings (SSSR count). The van der Waals surface area contributed by atoms with Gasteiger partial charge >= 0.3 is 11.9 Å². The molecule has 2 heterocycles. The van der Waals surface area contributed by atoms with Crippen LogP contribution in [0.1, 0.15) is 56.2 Å². The Morgan fingerprint density at radius 1 is 1.00 bits per heavy atom. The Labute approximate surface area is 173 Å². The lowest BCUT2D eigenvalue weighted by atomic mass is 10.0. The Bertz CT molecular complexity index is 1100. The standard InChI is InChI=1S/C22H20ClNO5/c1-4-28-21(26)14-9-10-17-15(22(27)29-5-2)11-18(24(17)12-14)20(25)19-13(3)7-6-8-16(19)23/h6-12H,4-5H2,1-3H3. The zero-order valence-electron chi connectivity index (χ0n) is 16.3. The number of halogens is 1. The number of carbonyl (C=O) groups excluding carboxylic acids is 3. The fraction of sp³-hybridized carbons (Fsp3) is 0.227. The largest absolute Gasteiger partial charge is 0.462 e. The van der Waals surface area contributed by atoms with Gasteiger partial charge in [-0.05, 0) is 50.6 Å². The first-order valence-corrected chi connectivity index (χ1v) is 9.56. The topological polar surface area (TPSA) is 74.1 Å². The number of ether oxygens (including phenoxy) is 2. The molecule has 0 aliphatic carbocycles. The van der Waals surface area contributed by atoms with E-state index in [1.807, 2.05) is 0 Å². The minimum Gasteiger partial charge on any atom is -0.462 e. The molecule has 0 saturated heterocycles. The minimum absolute atomic E-state index is 0.198. The quantitative estimate of drug-likeness (QED) is 0.440. The maximum Gasteiger partial charge on any atom is 0.340 e. The number of benzene rings is 1. The average molecular weight is 414 g/mol. The van der Waals surface area contributed by atoms with Gasteiger partial charge in [-0.15, -0.1) is 0 Å². The Kier molecular flexibility index (Phi) is 6.03. The highest BCUT2D eigenvalue weighted by molar-refractivity contribution is 6.35. The predicted molar refractivity (Wildman–Crippen MR) is 109 cm³/mol. The van der Waals surface area contributed by atoms with Gasteiger partial charge in [-0.3, -0.25) is 4.79 Å². The van der Waals surface area contributed by atoms with Crippen LogP contribution in [0.4, 0.5) is 0 Å². The lowest BCUT2D eigenvalue weighted by Gasteiger charge is -2.09. The van der Waals surface area contributed by atoms with E-state index in [2.05, 4.69) is 0 Å². The zero-order valence-corrected chi connectivity index (χ0v) is 17.1. The first-order chi connectivity index (χ1) is 13.9. The fourth-order valence-corrected chi connectivity index (χ4v) is 3.44. The highest BCUT2D eigenvalue weighted by Gasteiger charge is 2.24. The van der Waals surface area contributed by atoms with Gasteiger partial charge < -0.3 is 13.9 Å². The van der Waals surface area contributed by atoms with Crippen molar-refractivity contribution in [2.75, 3.05) is 13.2 Å². The maximum absolute atomic E-state index is 13.3. The van der Waals surface area contributed by atoms with Crippen LogP contribution in [0.3, 0.4) is 0 Å². The first kappa shape index (κ1) is 20.6. The van der Waals surface area contributed by atoms with Crippen LogP contribution >= 0.6 is 11.6 Å². The summed E-state index contributed by atoms with van der Waals surface area (Å²) in [5, 5.41) is 0.309. The first-order valence-electron chi connectivity index (χ1n) is 9.18. The van der Waals surface area contributed by atoms with Crippen molar-refractivity contribution in [1.82, 2.24) is 4.40 Å². The number of fused-ring (bicyclic) bond motifs is 1. The summed E-state index contributed by atoms with van der Waals surface area (Å²) in [7, 11) is 0. The number of hydrogen-bond acceptors (Lipinski definition) is 5. The Morgan fingerprint density at radius 3 is 2.34 bits per heavy atom. The van der Waals surface area contributed by atoms with Crippen LogP contribution in [0, 0.1) is 6.92 Å². The lowest BCUT2D eigenvalue weighted by molar-refractivity contribution is 0.0518. The molecule has 0 unspecified atom stereocenters. The van der Waals surface area contributed by atoms with Crippen LogP contribution in [0.2, 0.25) is 5.02 Å². The van der Waals surface area contributed by atoms with Gasteiger partial charge in [0, 0.05) is 11.8 Å². The number of nitrogens with zero attached hydrogens (tertiary/aromatic N) is 1. The number of ketones is 1. The summed E-state index contributed by atoms with van der Waals surface area (Å²) in [5.41, 5.74) is 2.18. The third kappa shape index (κ3) is 3.89. The minimum atomic E-state index is -0.552. The van der Waals surface area contributed by atoms with Crippen molar-refractivity contribution in [1.29, 1.82) is 0 Å². The molecule has 7 heteroatoms. The highest BCUT2D eigenvalue weighted by atomic mass is 35.5. The molecule has 3 aromatic rings. The van der Waals surface area contributed by atoms with E-state index in [1.165, 1.54) is 16.7 Å². The zero-order chi connectivity index (χ0) is 21.1. The van der Waals surface area contributed by atoms with E-state index in [1.54, 1.807) is 51.1 Å². The molecule has 0 N–H and O–H groups in total. The molecule has 6 nitrogen and oxygen atoms in total. The van der Waals surface area contributed by atoms with Crippen LogP contribution in [0.15, 0.2) is 42.6 Å². The Morgan fingerprint density at radius 2 is 1.69 bits per heavy atom. The van der Waals surface area contributed by atoms with Gasteiger partial charge in [0.05, 0.1) is 40.6 Å². The normalized spacial score (nSPS) is 10.8. The molecular formula is C22H20ClNO5. The molecule has 0 aliphatic heterocycles. The monoisotopic (exact) mass is 413 g/mol. The van der Waals surface area contributed by atoms with E-state index in [-0.39, 0.29) is 35.8 Å². The number of pyridine rings is 1. The molecule has 2 aromatic heterocycles. The summed E-state index contributed by atoms with van der Waals surface area (Å²) in [5.74, 6) is -1.43. The molecule has 0 atom stereocenters. The van der Waals surface area contributed by atoms with Gasteiger partial charge in [0.25, 0.3) is 0 Å². The number of aromatic nitrogens is 1. The van der Waals surface area contributed by atoms with E-state index in [0.717, 1.165) is 0 Å². The molecular weight excluding hydrogens is 394 g/mol. The van der Waals surface area contributed by atoms with Gasteiger partial charge in [-0.1, -0.05) is 23.7 Å². The molecule has 0 spiro atoms. The highest BCUT2D eigenvalue weighted by Crippen LogP contribution is 2.27. The molecule has 150 valence electrons. The second kappa shape index (κ2) is 8.49. The molecule has 1 aromatic carbocycles. The second-order valence-corrected chi connectivity index (χ2v) is 6.73. The van der Waals surface area contributed by atoms with Crippen LogP contribution in [0.25, 0.3) is 5.52 Å². The van der Waals surface area contributed by atoms with Crippen LogP contribution in [0.5, 0.6) is 0 Å². The summed E-state index contributed by atoms with van der Waals surface area (Å²) >= 11 is 6.27. The van der Waals surface area contributed by atoms with Gasteiger partial charge in [0.15, 0.2) is 0 Å².